The first-order chi connectivity index (χ1) is 12.5. The van der Waals surface area contributed by atoms with Gasteiger partial charge in [-0.25, -0.2) is 4.79 Å². The standard InChI is InChI=1S/C16H21N3O7/c20-6-5-17-14-4-3-11(19(23)24)8-13(14)16(22)26-10-15(21)18-9-12-2-1-7-25-12/h3-4,8,12,17,20H,1-2,5-7,9-10H2,(H,18,21). The zero-order valence-corrected chi connectivity index (χ0v) is 14.1. The second-order valence-corrected chi connectivity index (χ2v) is 5.65. The van der Waals surface area contributed by atoms with Gasteiger partial charge in [0.15, 0.2) is 6.61 Å². The highest BCUT2D eigenvalue weighted by Crippen LogP contribution is 2.23. The lowest BCUT2D eigenvalue weighted by atomic mass is 10.1. The van der Waals surface area contributed by atoms with E-state index in [0.29, 0.717) is 13.2 Å². The Morgan fingerprint density at radius 1 is 1.42 bits per heavy atom. The molecular weight excluding hydrogens is 346 g/mol. The van der Waals surface area contributed by atoms with E-state index in [0.717, 1.165) is 18.9 Å². The van der Waals surface area contributed by atoms with Crippen molar-refractivity contribution in [3.63, 3.8) is 0 Å². The number of hydrogen-bond acceptors (Lipinski definition) is 8. The number of aliphatic hydroxyl groups excluding tert-OH is 1. The lowest BCUT2D eigenvalue weighted by Crippen LogP contribution is -2.34. The molecule has 1 fully saturated rings. The minimum absolute atomic E-state index is 0.0271. The summed E-state index contributed by atoms with van der Waals surface area (Å²) in [6.45, 7) is 0.479. The summed E-state index contributed by atoms with van der Waals surface area (Å²) in [6.07, 6.45) is 1.79. The van der Waals surface area contributed by atoms with Crippen LogP contribution in [0.1, 0.15) is 23.2 Å². The van der Waals surface area contributed by atoms with Crippen molar-refractivity contribution >= 4 is 23.3 Å². The zero-order valence-electron chi connectivity index (χ0n) is 14.1. The van der Waals surface area contributed by atoms with Crippen LogP contribution in [0.15, 0.2) is 18.2 Å². The van der Waals surface area contributed by atoms with Gasteiger partial charge in [-0.1, -0.05) is 0 Å². The Balaban J connectivity index is 1.94. The minimum atomic E-state index is -0.874. The number of nitrogens with one attached hydrogen (secondary N) is 2. The van der Waals surface area contributed by atoms with Crippen LogP contribution >= 0.6 is 0 Å². The first-order valence-corrected chi connectivity index (χ1v) is 8.20. The number of nitrogens with zero attached hydrogens (tertiary/aromatic N) is 1. The number of carbonyl (C=O) groups excluding carboxylic acids is 2. The van der Waals surface area contributed by atoms with E-state index in [1.54, 1.807) is 0 Å². The van der Waals surface area contributed by atoms with E-state index < -0.39 is 23.4 Å². The first-order valence-electron chi connectivity index (χ1n) is 8.20. The Morgan fingerprint density at radius 2 is 2.23 bits per heavy atom. The summed E-state index contributed by atoms with van der Waals surface area (Å²) in [6, 6.07) is 3.64. The van der Waals surface area contributed by atoms with E-state index in [1.807, 2.05) is 0 Å². The summed E-state index contributed by atoms with van der Waals surface area (Å²) in [5.41, 5.74) is -0.0941. The molecule has 0 saturated carbocycles. The normalized spacial score (nSPS) is 16.1. The molecule has 1 unspecified atom stereocenters. The first kappa shape index (κ1) is 19.6. The maximum atomic E-state index is 12.2. The van der Waals surface area contributed by atoms with Gasteiger partial charge >= 0.3 is 5.97 Å². The maximum absolute atomic E-state index is 12.2. The molecule has 1 aliphatic heterocycles. The van der Waals surface area contributed by atoms with Crippen molar-refractivity contribution in [3.05, 3.63) is 33.9 Å². The molecule has 1 amide bonds. The molecule has 1 aliphatic rings. The number of non-ortho nitro benzene ring substituents is 1. The highest BCUT2D eigenvalue weighted by Gasteiger charge is 2.20. The molecule has 0 radical (unpaired) electrons. The van der Waals surface area contributed by atoms with Crippen molar-refractivity contribution in [2.75, 3.05) is 38.2 Å². The third kappa shape index (κ3) is 5.67. The Morgan fingerprint density at radius 3 is 2.88 bits per heavy atom. The van der Waals surface area contributed by atoms with Crippen LogP contribution in [-0.4, -0.2) is 60.9 Å². The van der Waals surface area contributed by atoms with Crippen molar-refractivity contribution in [3.8, 4) is 0 Å². The topological polar surface area (TPSA) is 140 Å². The lowest BCUT2D eigenvalue weighted by molar-refractivity contribution is -0.384. The Bertz CT molecular complexity index is 659. The number of benzene rings is 1. The Hall–Kier alpha value is -2.72. The fourth-order valence-corrected chi connectivity index (χ4v) is 2.45. The molecular formula is C16H21N3O7. The number of esters is 1. The number of nitro benzene ring substituents is 1. The fourth-order valence-electron chi connectivity index (χ4n) is 2.45. The second-order valence-electron chi connectivity index (χ2n) is 5.65. The van der Waals surface area contributed by atoms with Crippen molar-refractivity contribution in [2.24, 2.45) is 0 Å². The molecule has 0 aliphatic carbocycles. The minimum Gasteiger partial charge on any atom is -0.452 e. The molecule has 0 aromatic heterocycles. The summed E-state index contributed by atoms with van der Waals surface area (Å²) in [4.78, 5) is 34.2. The van der Waals surface area contributed by atoms with Gasteiger partial charge in [-0.05, 0) is 18.9 Å². The lowest BCUT2D eigenvalue weighted by Gasteiger charge is -2.12. The van der Waals surface area contributed by atoms with E-state index in [1.165, 1.54) is 12.1 Å². The summed E-state index contributed by atoms with van der Waals surface area (Å²) >= 11 is 0. The van der Waals surface area contributed by atoms with Crippen molar-refractivity contribution in [2.45, 2.75) is 18.9 Å². The van der Waals surface area contributed by atoms with Crippen molar-refractivity contribution in [1.82, 2.24) is 5.32 Å². The quantitative estimate of drug-likeness (QED) is 0.325. The van der Waals surface area contributed by atoms with E-state index in [4.69, 9.17) is 14.6 Å². The fraction of sp³-hybridized carbons (Fsp3) is 0.500. The van der Waals surface area contributed by atoms with Crippen LogP contribution in [0, 0.1) is 10.1 Å². The van der Waals surface area contributed by atoms with Gasteiger partial charge < -0.3 is 25.2 Å². The van der Waals surface area contributed by atoms with Crippen LogP contribution in [0.5, 0.6) is 0 Å². The van der Waals surface area contributed by atoms with Crippen molar-refractivity contribution in [1.29, 1.82) is 0 Å². The molecule has 142 valence electrons. The van der Waals surface area contributed by atoms with Crippen molar-refractivity contribution < 1.29 is 29.1 Å². The van der Waals surface area contributed by atoms with E-state index in [2.05, 4.69) is 10.6 Å². The molecule has 1 aromatic carbocycles. The largest absolute Gasteiger partial charge is 0.452 e. The summed E-state index contributed by atoms with van der Waals surface area (Å²) in [7, 11) is 0. The van der Waals surface area contributed by atoms with Crippen LogP contribution in [0.25, 0.3) is 0 Å². The number of amides is 1. The average molecular weight is 367 g/mol. The van der Waals surface area contributed by atoms with E-state index >= 15 is 0 Å². The predicted octanol–water partition coefficient (Wildman–Crippen LogP) is 0.451. The average Bonchev–Trinajstić information content (AvgIpc) is 3.16. The van der Waals surface area contributed by atoms with Gasteiger partial charge in [-0.15, -0.1) is 0 Å². The maximum Gasteiger partial charge on any atom is 0.341 e. The van der Waals surface area contributed by atoms with Gasteiger partial charge in [-0.2, -0.15) is 0 Å². The highest BCUT2D eigenvalue weighted by atomic mass is 16.6. The van der Waals surface area contributed by atoms with Crippen LogP contribution in [0.3, 0.4) is 0 Å². The third-order valence-corrected chi connectivity index (χ3v) is 3.75. The molecule has 0 spiro atoms. The van der Waals surface area contributed by atoms with Crippen LogP contribution < -0.4 is 10.6 Å². The van der Waals surface area contributed by atoms with Gasteiger partial charge in [-0.3, -0.25) is 14.9 Å². The molecule has 2 rings (SSSR count). The number of nitro groups is 1. The Labute approximate surface area is 149 Å². The van der Waals surface area contributed by atoms with Crippen LogP contribution in [-0.2, 0) is 14.3 Å². The van der Waals surface area contributed by atoms with Gasteiger partial charge in [0.05, 0.1) is 23.2 Å². The van der Waals surface area contributed by atoms with Gasteiger partial charge in [0.1, 0.15) is 0 Å². The number of rotatable bonds is 9. The molecule has 1 saturated heterocycles. The second kappa shape index (κ2) is 9.68. The molecule has 10 nitrogen and oxygen atoms in total. The number of aliphatic hydroxyl groups is 1. The van der Waals surface area contributed by atoms with Crippen LogP contribution in [0.2, 0.25) is 0 Å². The Kier molecular flexibility index (Phi) is 7.30. The summed E-state index contributed by atoms with van der Waals surface area (Å²) < 4.78 is 10.3. The highest BCUT2D eigenvalue weighted by molar-refractivity contribution is 5.97. The third-order valence-electron chi connectivity index (χ3n) is 3.75. The number of anilines is 1. The van der Waals surface area contributed by atoms with E-state index in [-0.39, 0.29) is 36.2 Å². The molecule has 26 heavy (non-hydrogen) atoms. The molecule has 1 atom stereocenters. The van der Waals surface area contributed by atoms with Gasteiger partial charge in [0.25, 0.3) is 11.6 Å². The molecule has 1 heterocycles. The van der Waals surface area contributed by atoms with Gasteiger partial charge in [0.2, 0.25) is 0 Å². The monoisotopic (exact) mass is 367 g/mol. The van der Waals surface area contributed by atoms with Gasteiger partial charge in [0, 0.05) is 37.5 Å². The summed E-state index contributed by atoms with van der Waals surface area (Å²) in [5, 5.41) is 25.2. The zero-order chi connectivity index (χ0) is 18.9. The van der Waals surface area contributed by atoms with E-state index in [9.17, 15) is 19.7 Å². The predicted molar refractivity (Wildman–Crippen MR) is 90.9 cm³/mol. The number of hydrogen-bond donors (Lipinski definition) is 3. The SMILES string of the molecule is O=C(COC(=O)c1cc([N+](=O)[O-])ccc1NCCO)NCC1CCCO1. The smallest absolute Gasteiger partial charge is 0.341 e. The molecule has 10 heteroatoms. The summed E-state index contributed by atoms with van der Waals surface area (Å²) in [5.74, 6) is -1.36. The van der Waals surface area contributed by atoms with Crippen LogP contribution in [0.4, 0.5) is 11.4 Å². The number of ether oxygens (including phenoxy) is 2. The molecule has 0 bridgehead atoms. The molecule has 1 aromatic rings. The molecule has 3 N–H and O–H groups in total. The number of carbonyl (C=O) groups is 2.